The highest BCUT2D eigenvalue weighted by Gasteiger charge is 2.41. The lowest BCUT2D eigenvalue weighted by molar-refractivity contribution is -0.152. The molecule has 146 valence electrons. The molecular formula is C20H26N2O5. The van der Waals surface area contributed by atoms with Gasteiger partial charge in [0.2, 0.25) is 5.91 Å². The van der Waals surface area contributed by atoms with Gasteiger partial charge in [0.25, 0.3) is 5.91 Å². The van der Waals surface area contributed by atoms with E-state index >= 15 is 0 Å². The van der Waals surface area contributed by atoms with Crippen molar-refractivity contribution in [2.75, 3.05) is 13.1 Å². The highest BCUT2D eigenvalue weighted by atomic mass is 16.5. The van der Waals surface area contributed by atoms with Crippen LogP contribution in [0.25, 0.3) is 0 Å². The summed E-state index contributed by atoms with van der Waals surface area (Å²) in [6, 6.07) is 7.16. The molecule has 27 heavy (non-hydrogen) atoms. The van der Waals surface area contributed by atoms with Crippen LogP contribution in [0.3, 0.4) is 0 Å². The van der Waals surface area contributed by atoms with Crippen molar-refractivity contribution in [2.45, 2.75) is 45.4 Å². The molecule has 1 aromatic carbocycles. The summed E-state index contributed by atoms with van der Waals surface area (Å²) in [4.78, 5) is 37.6. The number of nitrogens with one attached hydrogen (secondary N) is 1. The van der Waals surface area contributed by atoms with Gasteiger partial charge in [0, 0.05) is 25.2 Å². The summed E-state index contributed by atoms with van der Waals surface area (Å²) in [7, 11) is 0. The number of carboxylic acid groups (broad SMARTS) is 1. The number of ether oxygens (including phenoxy) is 1. The van der Waals surface area contributed by atoms with Gasteiger partial charge in [-0.05, 0) is 44.4 Å². The maximum absolute atomic E-state index is 12.6. The molecule has 3 rings (SSSR count). The summed E-state index contributed by atoms with van der Waals surface area (Å²) in [5.74, 6) is -2.15. The molecule has 0 spiro atoms. The molecule has 1 heterocycles. The SMILES string of the molecule is CC1CN(C(=O)c2ccc(CNC(=O)C3CCC3C(=O)O)cc2)CC(C)O1. The highest BCUT2D eigenvalue weighted by Crippen LogP contribution is 2.34. The van der Waals surface area contributed by atoms with E-state index in [1.165, 1.54) is 0 Å². The molecule has 0 radical (unpaired) electrons. The molecule has 2 N–H and O–H groups in total. The van der Waals surface area contributed by atoms with Crippen molar-refractivity contribution in [3.8, 4) is 0 Å². The van der Waals surface area contributed by atoms with E-state index in [4.69, 9.17) is 9.84 Å². The van der Waals surface area contributed by atoms with Crippen molar-refractivity contribution in [3.63, 3.8) is 0 Å². The third-order valence-electron chi connectivity index (χ3n) is 5.30. The molecule has 4 unspecified atom stereocenters. The third-order valence-corrected chi connectivity index (χ3v) is 5.30. The largest absolute Gasteiger partial charge is 0.481 e. The number of rotatable bonds is 5. The highest BCUT2D eigenvalue weighted by molar-refractivity contribution is 5.94. The number of nitrogens with zero attached hydrogens (tertiary/aromatic N) is 1. The van der Waals surface area contributed by atoms with Crippen molar-refractivity contribution in [1.82, 2.24) is 10.2 Å². The van der Waals surface area contributed by atoms with Crippen molar-refractivity contribution >= 4 is 17.8 Å². The van der Waals surface area contributed by atoms with Gasteiger partial charge in [-0.15, -0.1) is 0 Å². The Bertz CT molecular complexity index is 708. The minimum Gasteiger partial charge on any atom is -0.481 e. The molecule has 0 aromatic heterocycles. The fourth-order valence-corrected chi connectivity index (χ4v) is 3.72. The van der Waals surface area contributed by atoms with Crippen LogP contribution >= 0.6 is 0 Å². The fraction of sp³-hybridized carbons (Fsp3) is 0.550. The number of hydrogen-bond donors (Lipinski definition) is 2. The second kappa shape index (κ2) is 8.08. The van der Waals surface area contributed by atoms with Crippen LogP contribution in [-0.4, -0.2) is 53.1 Å². The van der Waals surface area contributed by atoms with Gasteiger partial charge in [-0.3, -0.25) is 14.4 Å². The van der Waals surface area contributed by atoms with E-state index in [2.05, 4.69) is 5.32 Å². The molecule has 1 aliphatic heterocycles. The third kappa shape index (κ3) is 4.47. The van der Waals surface area contributed by atoms with Crippen molar-refractivity contribution in [3.05, 3.63) is 35.4 Å². The molecule has 7 heteroatoms. The molecule has 2 aliphatic rings. The predicted molar refractivity (Wildman–Crippen MR) is 98.1 cm³/mol. The minimum absolute atomic E-state index is 0.0216. The Kier molecular flexibility index (Phi) is 5.79. The first kappa shape index (κ1) is 19.4. The molecule has 7 nitrogen and oxygen atoms in total. The van der Waals surface area contributed by atoms with Gasteiger partial charge in [-0.1, -0.05) is 12.1 Å². The second-order valence-electron chi connectivity index (χ2n) is 7.51. The topological polar surface area (TPSA) is 95.9 Å². The van der Waals surface area contributed by atoms with E-state index < -0.39 is 17.8 Å². The van der Waals surface area contributed by atoms with Gasteiger partial charge < -0.3 is 20.1 Å². The van der Waals surface area contributed by atoms with Crippen LogP contribution in [0.2, 0.25) is 0 Å². The van der Waals surface area contributed by atoms with Crippen LogP contribution in [0.4, 0.5) is 0 Å². The van der Waals surface area contributed by atoms with Crippen LogP contribution in [0.1, 0.15) is 42.6 Å². The summed E-state index contributed by atoms with van der Waals surface area (Å²) in [6.07, 6.45) is 1.22. The Morgan fingerprint density at radius 2 is 1.67 bits per heavy atom. The van der Waals surface area contributed by atoms with Crippen molar-refractivity contribution in [2.24, 2.45) is 11.8 Å². The van der Waals surface area contributed by atoms with Crippen LogP contribution in [0.15, 0.2) is 24.3 Å². The Morgan fingerprint density at radius 1 is 1.07 bits per heavy atom. The summed E-state index contributed by atoms with van der Waals surface area (Å²) in [6.45, 7) is 5.39. The molecule has 1 saturated heterocycles. The molecule has 2 fully saturated rings. The van der Waals surface area contributed by atoms with E-state index in [0.29, 0.717) is 38.0 Å². The summed E-state index contributed by atoms with van der Waals surface area (Å²) in [5, 5.41) is 11.8. The van der Waals surface area contributed by atoms with Crippen LogP contribution in [-0.2, 0) is 20.9 Å². The Morgan fingerprint density at radius 3 is 2.19 bits per heavy atom. The van der Waals surface area contributed by atoms with Gasteiger partial charge in [-0.25, -0.2) is 0 Å². The normalized spacial score (nSPS) is 27.6. The second-order valence-corrected chi connectivity index (χ2v) is 7.51. The maximum atomic E-state index is 12.6. The molecular weight excluding hydrogens is 348 g/mol. The monoisotopic (exact) mass is 374 g/mol. The number of carbonyl (C=O) groups is 3. The number of amides is 2. The average molecular weight is 374 g/mol. The number of hydrogen-bond acceptors (Lipinski definition) is 4. The van der Waals surface area contributed by atoms with Crippen LogP contribution in [0.5, 0.6) is 0 Å². The smallest absolute Gasteiger partial charge is 0.307 e. The quantitative estimate of drug-likeness (QED) is 0.817. The maximum Gasteiger partial charge on any atom is 0.307 e. The van der Waals surface area contributed by atoms with Crippen LogP contribution < -0.4 is 5.32 Å². The average Bonchev–Trinajstić information content (AvgIpc) is 2.57. The Balaban J connectivity index is 1.53. The zero-order valence-corrected chi connectivity index (χ0v) is 15.7. The Labute approximate surface area is 158 Å². The molecule has 4 atom stereocenters. The van der Waals surface area contributed by atoms with Gasteiger partial charge in [-0.2, -0.15) is 0 Å². The molecule has 1 saturated carbocycles. The number of morpholine rings is 1. The van der Waals surface area contributed by atoms with E-state index in [1.807, 2.05) is 26.0 Å². The Hall–Kier alpha value is -2.41. The van der Waals surface area contributed by atoms with Gasteiger partial charge in [0.15, 0.2) is 0 Å². The lowest BCUT2D eigenvalue weighted by atomic mass is 9.73. The zero-order chi connectivity index (χ0) is 19.6. The van der Waals surface area contributed by atoms with Crippen molar-refractivity contribution in [1.29, 1.82) is 0 Å². The number of aliphatic carboxylic acids is 1. The van der Waals surface area contributed by atoms with Crippen molar-refractivity contribution < 1.29 is 24.2 Å². The zero-order valence-electron chi connectivity index (χ0n) is 15.7. The molecule has 1 aliphatic carbocycles. The van der Waals surface area contributed by atoms with Crippen LogP contribution in [0, 0.1) is 11.8 Å². The first-order chi connectivity index (χ1) is 12.8. The summed E-state index contributed by atoms with van der Waals surface area (Å²) in [5.41, 5.74) is 1.48. The first-order valence-electron chi connectivity index (χ1n) is 9.39. The summed E-state index contributed by atoms with van der Waals surface area (Å²) < 4.78 is 5.66. The fourth-order valence-electron chi connectivity index (χ4n) is 3.72. The number of benzene rings is 1. The van der Waals surface area contributed by atoms with Gasteiger partial charge in [0.1, 0.15) is 0 Å². The molecule has 2 amide bonds. The standard InChI is InChI=1S/C20H26N2O5/c1-12-10-22(11-13(2)27-12)19(24)15-5-3-14(4-6-15)9-21-18(23)16-7-8-17(16)20(25)26/h3-6,12-13,16-17H,7-11H2,1-2H3,(H,21,23)(H,25,26). The lowest BCUT2D eigenvalue weighted by Crippen LogP contribution is -2.48. The van der Waals surface area contributed by atoms with Gasteiger partial charge >= 0.3 is 5.97 Å². The van der Waals surface area contributed by atoms with E-state index in [1.54, 1.807) is 17.0 Å². The predicted octanol–water partition coefficient (Wildman–Crippen LogP) is 1.66. The summed E-state index contributed by atoms with van der Waals surface area (Å²) >= 11 is 0. The molecule has 0 bridgehead atoms. The number of carbonyl (C=O) groups excluding carboxylic acids is 2. The van der Waals surface area contributed by atoms with E-state index in [0.717, 1.165) is 5.56 Å². The lowest BCUT2D eigenvalue weighted by Gasteiger charge is -2.35. The molecule has 1 aromatic rings. The first-order valence-corrected chi connectivity index (χ1v) is 9.39. The van der Waals surface area contributed by atoms with E-state index in [9.17, 15) is 14.4 Å². The minimum atomic E-state index is -0.906. The van der Waals surface area contributed by atoms with E-state index in [-0.39, 0.29) is 24.0 Å². The van der Waals surface area contributed by atoms with Gasteiger partial charge in [0.05, 0.1) is 24.0 Å². The number of carboxylic acids is 1.